The van der Waals surface area contributed by atoms with Crippen molar-refractivity contribution in [3.8, 4) is 0 Å². The number of nitrogens with two attached hydrogens (primary N) is 1. The van der Waals surface area contributed by atoms with Crippen LogP contribution in [0.5, 0.6) is 0 Å². The molecule has 0 amide bonds. The van der Waals surface area contributed by atoms with Gasteiger partial charge in [-0.2, -0.15) is 0 Å². The summed E-state index contributed by atoms with van der Waals surface area (Å²) in [6.07, 6.45) is 6.53. The lowest BCUT2D eigenvalue weighted by molar-refractivity contribution is 0.736. The summed E-state index contributed by atoms with van der Waals surface area (Å²) < 4.78 is 2.06. The average Bonchev–Trinajstić information content (AvgIpc) is 2.73. The van der Waals surface area contributed by atoms with Gasteiger partial charge in [0.1, 0.15) is 0 Å². The fraction of sp³-hybridized carbons (Fsp3) is 0.308. The normalized spacial score (nSPS) is 12.6. The second kappa shape index (κ2) is 4.94. The van der Waals surface area contributed by atoms with Crippen molar-refractivity contribution in [2.75, 3.05) is 0 Å². The second-order valence-corrected chi connectivity index (χ2v) is 4.23. The lowest BCUT2D eigenvalue weighted by Gasteiger charge is -2.07. The number of hydrogen-bond acceptors (Lipinski definition) is 2. The van der Waals surface area contributed by atoms with Crippen molar-refractivity contribution in [2.24, 2.45) is 5.73 Å². The molecule has 2 N–H and O–H groups in total. The van der Waals surface area contributed by atoms with Crippen molar-refractivity contribution in [3.63, 3.8) is 0 Å². The highest BCUT2D eigenvalue weighted by molar-refractivity contribution is 5.23. The van der Waals surface area contributed by atoms with Crippen LogP contribution in [0.4, 0.5) is 0 Å². The van der Waals surface area contributed by atoms with E-state index < -0.39 is 0 Å². The van der Waals surface area contributed by atoms with E-state index in [1.807, 2.05) is 19.4 Å². The molecule has 1 heterocycles. The summed E-state index contributed by atoms with van der Waals surface area (Å²) in [7, 11) is 0. The molecule has 0 aliphatic carbocycles. The Morgan fingerprint density at radius 2 is 1.94 bits per heavy atom. The maximum atomic E-state index is 5.76. The number of hydrogen-bond donors (Lipinski definition) is 1. The van der Waals surface area contributed by atoms with E-state index >= 15 is 0 Å². The molecule has 3 nitrogen and oxygen atoms in total. The minimum Gasteiger partial charge on any atom is -0.333 e. The molecule has 3 heteroatoms. The molecule has 1 aromatic heterocycles. The summed E-state index contributed by atoms with van der Waals surface area (Å²) >= 11 is 0. The first-order valence-electron chi connectivity index (χ1n) is 5.53. The Morgan fingerprint density at radius 3 is 2.50 bits per heavy atom. The van der Waals surface area contributed by atoms with Gasteiger partial charge < -0.3 is 10.3 Å². The van der Waals surface area contributed by atoms with Gasteiger partial charge in [-0.3, -0.25) is 0 Å². The summed E-state index contributed by atoms with van der Waals surface area (Å²) in [6, 6.07) is 8.82. The van der Waals surface area contributed by atoms with Crippen LogP contribution in [0.15, 0.2) is 43.0 Å². The molecule has 0 saturated carbocycles. The first kappa shape index (κ1) is 10.9. The van der Waals surface area contributed by atoms with E-state index in [0.717, 1.165) is 13.0 Å². The van der Waals surface area contributed by atoms with Crippen molar-refractivity contribution >= 4 is 0 Å². The molecule has 0 aliphatic heterocycles. The van der Waals surface area contributed by atoms with E-state index in [4.69, 9.17) is 5.73 Å². The molecule has 16 heavy (non-hydrogen) atoms. The van der Waals surface area contributed by atoms with Crippen molar-refractivity contribution in [1.29, 1.82) is 0 Å². The standard InChI is InChI=1S/C13H17N3/c1-11(14)8-12-2-4-13(5-3-12)9-16-7-6-15-10-16/h2-7,10-11H,8-9,14H2,1H3. The summed E-state index contributed by atoms with van der Waals surface area (Å²) in [4.78, 5) is 4.02. The highest BCUT2D eigenvalue weighted by Crippen LogP contribution is 2.07. The Bertz CT molecular complexity index is 415. The molecule has 0 radical (unpaired) electrons. The molecule has 0 saturated heterocycles. The van der Waals surface area contributed by atoms with E-state index in [1.54, 1.807) is 6.20 Å². The van der Waals surface area contributed by atoms with Crippen LogP contribution in [0.25, 0.3) is 0 Å². The molecule has 0 bridgehead atoms. The van der Waals surface area contributed by atoms with Crippen LogP contribution in [-0.4, -0.2) is 15.6 Å². The highest BCUT2D eigenvalue weighted by Gasteiger charge is 1.98. The van der Waals surface area contributed by atoms with E-state index in [-0.39, 0.29) is 6.04 Å². The number of benzene rings is 1. The van der Waals surface area contributed by atoms with Gasteiger partial charge in [-0.1, -0.05) is 24.3 Å². The van der Waals surface area contributed by atoms with Crippen LogP contribution in [0, 0.1) is 0 Å². The zero-order valence-corrected chi connectivity index (χ0v) is 9.50. The van der Waals surface area contributed by atoms with Gasteiger partial charge in [-0.15, -0.1) is 0 Å². The maximum absolute atomic E-state index is 5.76. The van der Waals surface area contributed by atoms with E-state index in [9.17, 15) is 0 Å². The number of rotatable bonds is 4. The average molecular weight is 215 g/mol. The predicted molar refractivity (Wildman–Crippen MR) is 65.1 cm³/mol. The Hall–Kier alpha value is -1.61. The van der Waals surface area contributed by atoms with Crippen LogP contribution < -0.4 is 5.73 Å². The van der Waals surface area contributed by atoms with Crippen LogP contribution in [0.1, 0.15) is 18.1 Å². The minimum absolute atomic E-state index is 0.222. The van der Waals surface area contributed by atoms with Crippen LogP contribution in [0.2, 0.25) is 0 Å². The third-order valence-electron chi connectivity index (χ3n) is 2.50. The molecule has 2 aromatic rings. The number of nitrogens with zero attached hydrogens (tertiary/aromatic N) is 2. The smallest absolute Gasteiger partial charge is 0.0949 e. The van der Waals surface area contributed by atoms with Gasteiger partial charge in [0.25, 0.3) is 0 Å². The predicted octanol–water partition coefficient (Wildman–Crippen LogP) is 1.82. The SMILES string of the molecule is CC(N)Cc1ccc(Cn2ccnc2)cc1. The highest BCUT2D eigenvalue weighted by atomic mass is 15.0. The summed E-state index contributed by atoms with van der Waals surface area (Å²) in [5, 5.41) is 0. The molecule has 2 rings (SSSR count). The first-order chi connectivity index (χ1) is 7.74. The van der Waals surface area contributed by atoms with Gasteiger partial charge >= 0.3 is 0 Å². The van der Waals surface area contributed by atoms with Crippen molar-refractivity contribution < 1.29 is 0 Å². The molecule has 1 unspecified atom stereocenters. The lowest BCUT2D eigenvalue weighted by atomic mass is 10.1. The summed E-state index contributed by atoms with van der Waals surface area (Å²) in [5.41, 5.74) is 8.34. The number of aromatic nitrogens is 2. The van der Waals surface area contributed by atoms with Crippen molar-refractivity contribution in [1.82, 2.24) is 9.55 Å². The molecule has 84 valence electrons. The van der Waals surface area contributed by atoms with Crippen LogP contribution in [0.3, 0.4) is 0 Å². The number of imidazole rings is 1. The molecule has 0 aliphatic rings. The topological polar surface area (TPSA) is 43.8 Å². The molecule has 0 fully saturated rings. The Kier molecular flexibility index (Phi) is 3.37. The van der Waals surface area contributed by atoms with Gasteiger partial charge in [-0.05, 0) is 24.5 Å². The Labute approximate surface area is 95.9 Å². The minimum atomic E-state index is 0.222. The van der Waals surface area contributed by atoms with Crippen LogP contribution >= 0.6 is 0 Å². The molecule has 1 aromatic carbocycles. The van der Waals surface area contributed by atoms with Gasteiger partial charge in [0.2, 0.25) is 0 Å². The fourth-order valence-electron chi connectivity index (χ4n) is 1.74. The van der Waals surface area contributed by atoms with Gasteiger partial charge in [0, 0.05) is 25.0 Å². The molecule has 0 spiro atoms. The van der Waals surface area contributed by atoms with E-state index in [1.165, 1.54) is 11.1 Å². The van der Waals surface area contributed by atoms with Crippen molar-refractivity contribution in [3.05, 3.63) is 54.1 Å². The lowest BCUT2D eigenvalue weighted by Crippen LogP contribution is -2.17. The summed E-state index contributed by atoms with van der Waals surface area (Å²) in [6.45, 7) is 2.90. The Balaban J connectivity index is 2.02. The zero-order valence-electron chi connectivity index (χ0n) is 9.50. The van der Waals surface area contributed by atoms with Gasteiger partial charge in [0.05, 0.1) is 6.33 Å². The molecule has 1 atom stereocenters. The molecular formula is C13H17N3. The quantitative estimate of drug-likeness (QED) is 0.845. The fourth-order valence-corrected chi connectivity index (χ4v) is 1.74. The first-order valence-corrected chi connectivity index (χ1v) is 5.53. The largest absolute Gasteiger partial charge is 0.333 e. The zero-order chi connectivity index (χ0) is 11.4. The third-order valence-corrected chi connectivity index (χ3v) is 2.50. The van der Waals surface area contributed by atoms with Crippen LogP contribution in [-0.2, 0) is 13.0 Å². The second-order valence-electron chi connectivity index (χ2n) is 4.23. The monoisotopic (exact) mass is 215 g/mol. The van der Waals surface area contributed by atoms with E-state index in [2.05, 4.69) is 33.8 Å². The van der Waals surface area contributed by atoms with Crippen molar-refractivity contribution in [2.45, 2.75) is 25.9 Å². The Morgan fingerprint density at radius 1 is 1.25 bits per heavy atom. The maximum Gasteiger partial charge on any atom is 0.0949 e. The van der Waals surface area contributed by atoms with Gasteiger partial charge in [-0.25, -0.2) is 4.98 Å². The third kappa shape index (κ3) is 2.94. The van der Waals surface area contributed by atoms with E-state index in [0.29, 0.717) is 0 Å². The summed E-state index contributed by atoms with van der Waals surface area (Å²) in [5.74, 6) is 0. The molecular weight excluding hydrogens is 198 g/mol. The van der Waals surface area contributed by atoms with Gasteiger partial charge in [0.15, 0.2) is 0 Å².